The molecule has 0 aromatic carbocycles. The number of hydrogen-bond acceptors (Lipinski definition) is 5. The Kier molecular flexibility index (Phi) is 4.75. The summed E-state index contributed by atoms with van der Waals surface area (Å²) in [6.07, 6.45) is 3.45. The van der Waals surface area contributed by atoms with Gasteiger partial charge in [0.25, 0.3) is 0 Å². The summed E-state index contributed by atoms with van der Waals surface area (Å²) in [4.78, 5) is 8.97. The fraction of sp³-hybridized carbons (Fsp3) is 0.692. The van der Waals surface area contributed by atoms with E-state index in [1.165, 1.54) is 12.8 Å². The van der Waals surface area contributed by atoms with Crippen LogP contribution in [0.15, 0.2) is 6.07 Å². The molecule has 0 spiro atoms. The molecule has 0 bridgehead atoms. The molecule has 0 atom stereocenters. The van der Waals surface area contributed by atoms with Crippen molar-refractivity contribution in [3.05, 3.63) is 11.9 Å². The summed E-state index contributed by atoms with van der Waals surface area (Å²) in [5.41, 5.74) is 0. The van der Waals surface area contributed by atoms with Crippen molar-refractivity contribution in [2.75, 3.05) is 32.2 Å². The second-order valence-corrected chi connectivity index (χ2v) is 4.49. The Morgan fingerprint density at radius 2 is 2.17 bits per heavy atom. The van der Waals surface area contributed by atoms with Crippen LogP contribution in [0.25, 0.3) is 0 Å². The number of rotatable bonds is 8. The second-order valence-electron chi connectivity index (χ2n) is 4.49. The maximum absolute atomic E-state index is 5.57. The van der Waals surface area contributed by atoms with Crippen LogP contribution in [0.2, 0.25) is 0 Å². The quantitative estimate of drug-likeness (QED) is 0.718. The summed E-state index contributed by atoms with van der Waals surface area (Å²) in [5.74, 6) is 2.94. The van der Waals surface area contributed by atoms with E-state index in [2.05, 4.69) is 22.2 Å². The third-order valence-corrected chi connectivity index (χ3v) is 2.76. The molecule has 5 nitrogen and oxygen atoms in total. The van der Waals surface area contributed by atoms with Crippen molar-refractivity contribution in [2.45, 2.75) is 32.1 Å². The minimum Gasteiger partial charge on any atom is -0.475 e. The number of ether oxygens (including phenoxy) is 2. The number of anilines is 1. The van der Waals surface area contributed by atoms with Gasteiger partial charge in [-0.2, -0.15) is 4.98 Å². The van der Waals surface area contributed by atoms with E-state index in [-0.39, 0.29) is 0 Å². The molecule has 1 aromatic rings. The van der Waals surface area contributed by atoms with Gasteiger partial charge in [-0.15, -0.1) is 0 Å². The maximum Gasteiger partial charge on any atom is 0.218 e. The van der Waals surface area contributed by atoms with E-state index in [1.807, 2.05) is 6.07 Å². The summed E-state index contributed by atoms with van der Waals surface area (Å²) in [5, 5.41) is 3.29. The van der Waals surface area contributed by atoms with Gasteiger partial charge in [-0.05, 0) is 19.3 Å². The van der Waals surface area contributed by atoms with Gasteiger partial charge < -0.3 is 14.8 Å². The first-order valence-corrected chi connectivity index (χ1v) is 6.58. The number of hydrogen-bond donors (Lipinski definition) is 1. The highest BCUT2D eigenvalue weighted by atomic mass is 16.5. The van der Waals surface area contributed by atoms with Crippen LogP contribution < -0.4 is 10.1 Å². The molecule has 1 aliphatic rings. The van der Waals surface area contributed by atoms with Crippen molar-refractivity contribution in [1.82, 2.24) is 9.97 Å². The van der Waals surface area contributed by atoms with Crippen LogP contribution in [0, 0.1) is 0 Å². The van der Waals surface area contributed by atoms with Gasteiger partial charge in [-0.25, -0.2) is 4.98 Å². The maximum atomic E-state index is 5.57. The van der Waals surface area contributed by atoms with Gasteiger partial charge in [0.15, 0.2) is 0 Å². The SMILES string of the molecule is CCCNc1cc(OCCOC)nc(C2CC2)n1. The normalized spacial score (nSPS) is 14.6. The van der Waals surface area contributed by atoms with Gasteiger partial charge in [0.05, 0.1) is 6.61 Å². The van der Waals surface area contributed by atoms with Crippen LogP contribution in [0.3, 0.4) is 0 Å². The van der Waals surface area contributed by atoms with E-state index in [0.29, 0.717) is 25.0 Å². The molecule has 1 heterocycles. The molecule has 0 aliphatic heterocycles. The van der Waals surface area contributed by atoms with E-state index in [0.717, 1.165) is 24.6 Å². The first kappa shape index (κ1) is 13.1. The Labute approximate surface area is 108 Å². The smallest absolute Gasteiger partial charge is 0.218 e. The number of nitrogens with one attached hydrogen (secondary N) is 1. The Hall–Kier alpha value is -1.36. The lowest BCUT2D eigenvalue weighted by Crippen LogP contribution is -2.09. The predicted octanol–water partition coefficient (Wildman–Crippen LogP) is 2.20. The average molecular weight is 251 g/mol. The minimum absolute atomic E-state index is 0.519. The molecule has 5 heteroatoms. The van der Waals surface area contributed by atoms with E-state index in [9.17, 15) is 0 Å². The molecule has 0 saturated heterocycles. The van der Waals surface area contributed by atoms with Crippen molar-refractivity contribution in [1.29, 1.82) is 0 Å². The molecule has 1 aliphatic carbocycles. The zero-order valence-corrected chi connectivity index (χ0v) is 11.1. The fourth-order valence-electron chi connectivity index (χ4n) is 1.61. The van der Waals surface area contributed by atoms with Gasteiger partial charge in [0.2, 0.25) is 5.88 Å². The second kappa shape index (κ2) is 6.54. The Balaban J connectivity index is 2.03. The van der Waals surface area contributed by atoms with Crippen LogP contribution in [0.4, 0.5) is 5.82 Å². The zero-order valence-electron chi connectivity index (χ0n) is 11.1. The molecule has 1 fully saturated rings. The summed E-state index contributed by atoms with van der Waals surface area (Å²) < 4.78 is 10.5. The molecule has 0 amide bonds. The van der Waals surface area contributed by atoms with E-state index in [1.54, 1.807) is 7.11 Å². The van der Waals surface area contributed by atoms with Gasteiger partial charge in [-0.3, -0.25) is 0 Å². The average Bonchev–Trinajstić information content (AvgIpc) is 3.21. The summed E-state index contributed by atoms with van der Waals surface area (Å²) in [7, 11) is 1.66. The largest absolute Gasteiger partial charge is 0.475 e. The van der Waals surface area contributed by atoms with Crippen LogP contribution in [-0.2, 0) is 4.74 Å². The van der Waals surface area contributed by atoms with Gasteiger partial charge in [0, 0.05) is 25.6 Å². The van der Waals surface area contributed by atoms with Crippen LogP contribution in [-0.4, -0.2) is 36.8 Å². The number of aromatic nitrogens is 2. The number of methoxy groups -OCH3 is 1. The highest BCUT2D eigenvalue weighted by Gasteiger charge is 2.27. The van der Waals surface area contributed by atoms with Gasteiger partial charge in [-0.1, -0.05) is 6.92 Å². The molecular weight excluding hydrogens is 230 g/mol. The molecule has 0 radical (unpaired) electrons. The van der Waals surface area contributed by atoms with Gasteiger partial charge in [0.1, 0.15) is 18.2 Å². The van der Waals surface area contributed by atoms with Crippen LogP contribution >= 0.6 is 0 Å². The fourth-order valence-corrected chi connectivity index (χ4v) is 1.61. The topological polar surface area (TPSA) is 56.3 Å². The Bertz CT molecular complexity index is 380. The van der Waals surface area contributed by atoms with Crippen molar-refractivity contribution in [3.63, 3.8) is 0 Å². The lowest BCUT2D eigenvalue weighted by atomic mass is 10.4. The minimum atomic E-state index is 0.519. The molecule has 1 saturated carbocycles. The first-order valence-electron chi connectivity index (χ1n) is 6.58. The summed E-state index contributed by atoms with van der Waals surface area (Å²) >= 11 is 0. The monoisotopic (exact) mass is 251 g/mol. The molecular formula is C13H21N3O2. The van der Waals surface area contributed by atoms with Crippen molar-refractivity contribution in [3.8, 4) is 5.88 Å². The molecule has 0 unspecified atom stereocenters. The van der Waals surface area contributed by atoms with Crippen LogP contribution in [0.1, 0.15) is 37.9 Å². The third-order valence-electron chi connectivity index (χ3n) is 2.76. The standard InChI is InChI=1S/C13H21N3O2/c1-3-6-14-11-9-12(18-8-7-17-2)16-13(15-11)10-4-5-10/h9-10H,3-8H2,1-2H3,(H,14,15,16). The summed E-state index contributed by atoms with van der Waals surface area (Å²) in [6.45, 7) is 4.13. The van der Waals surface area contributed by atoms with Crippen LogP contribution in [0.5, 0.6) is 5.88 Å². The third kappa shape index (κ3) is 3.84. The van der Waals surface area contributed by atoms with E-state index < -0.39 is 0 Å². The first-order chi connectivity index (χ1) is 8.83. The predicted molar refractivity (Wildman–Crippen MR) is 70.2 cm³/mol. The lowest BCUT2D eigenvalue weighted by Gasteiger charge is -2.10. The van der Waals surface area contributed by atoms with Gasteiger partial charge >= 0.3 is 0 Å². The van der Waals surface area contributed by atoms with Crippen molar-refractivity contribution < 1.29 is 9.47 Å². The zero-order chi connectivity index (χ0) is 12.8. The lowest BCUT2D eigenvalue weighted by molar-refractivity contribution is 0.143. The molecule has 2 rings (SSSR count). The molecule has 1 N–H and O–H groups in total. The Morgan fingerprint density at radius 3 is 2.83 bits per heavy atom. The highest BCUT2D eigenvalue weighted by Crippen LogP contribution is 2.39. The Morgan fingerprint density at radius 1 is 1.33 bits per heavy atom. The van der Waals surface area contributed by atoms with E-state index >= 15 is 0 Å². The van der Waals surface area contributed by atoms with E-state index in [4.69, 9.17) is 9.47 Å². The highest BCUT2D eigenvalue weighted by molar-refractivity contribution is 5.39. The summed E-state index contributed by atoms with van der Waals surface area (Å²) in [6, 6.07) is 1.86. The number of nitrogens with zero attached hydrogens (tertiary/aromatic N) is 2. The molecule has 1 aromatic heterocycles. The molecule has 18 heavy (non-hydrogen) atoms. The molecule has 100 valence electrons. The van der Waals surface area contributed by atoms with Crippen molar-refractivity contribution >= 4 is 5.82 Å². The van der Waals surface area contributed by atoms with Crippen molar-refractivity contribution in [2.24, 2.45) is 0 Å².